The molecule has 0 saturated heterocycles. The highest BCUT2D eigenvalue weighted by atomic mass is 79.9. The van der Waals surface area contributed by atoms with Crippen molar-refractivity contribution >= 4 is 27.3 Å². The SMILES string of the molecule is COc1ccc([N+](=O)[O-])c2c1N[C@@H](c1cc(Br)c(OC)c(OC)c1)[C@@H]1CC=C[C@H]21. The lowest BCUT2D eigenvalue weighted by molar-refractivity contribution is -0.385. The van der Waals surface area contributed by atoms with E-state index in [0.717, 1.165) is 16.5 Å². The Morgan fingerprint density at radius 1 is 1.14 bits per heavy atom. The van der Waals surface area contributed by atoms with Crippen LogP contribution < -0.4 is 19.5 Å². The van der Waals surface area contributed by atoms with Crippen LogP contribution in [0.15, 0.2) is 40.9 Å². The van der Waals surface area contributed by atoms with Crippen LogP contribution >= 0.6 is 15.9 Å². The van der Waals surface area contributed by atoms with E-state index in [1.165, 1.54) is 6.07 Å². The number of allylic oxidation sites excluding steroid dienone is 2. The highest BCUT2D eigenvalue weighted by Crippen LogP contribution is 2.55. The van der Waals surface area contributed by atoms with Crippen LogP contribution in [0.3, 0.4) is 0 Å². The van der Waals surface area contributed by atoms with Gasteiger partial charge >= 0.3 is 0 Å². The smallest absolute Gasteiger partial charge is 0.275 e. The first kappa shape index (κ1) is 19.6. The zero-order valence-corrected chi connectivity index (χ0v) is 17.9. The van der Waals surface area contributed by atoms with Gasteiger partial charge in [0.2, 0.25) is 0 Å². The Morgan fingerprint density at radius 2 is 1.90 bits per heavy atom. The van der Waals surface area contributed by atoms with Crippen LogP contribution in [0.4, 0.5) is 11.4 Å². The van der Waals surface area contributed by atoms with E-state index in [-0.39, 0.29) is 28.5 Å². The summed E-state index contributed by atoms with van der Waals surface area (Å²) < 4.78 is 17.3. The van der Waals surface area contributed by atoms with Crippen LogP contribution in [0.5, 0.6) is 17.2 Å². The van der Waals surface area contributed by atoms with Gasteiger partial charge in [0.1, 0.15) is 5.75 Å². The van der Waals surface area contributed by atoms with E-state index in [1.54, 1.807) is 27.4 Å². The maximum Gasteiger partial charge on any atom is 0.275 e. The van der Waals surface area contributed by atoms with Gasteiger partial charge in [0, 0.05) is 12.0 Å². The van der Waals surface area contributed by atoms with Crippen molar-refractivity contribution in [3.8, 4) is 17.2 Å². The third-order valence-corrected chi connectivity index (χ3v) is 6.28. The number of nitro benzene ring substituents is 1. The molecular formula is C21H21BrN2O5. The fourth-order valence-corrected chi connectivity index (χ4v) is 5.06. The molecule has 2 aliphatic rings. The van der Waals surface area contributed by atoms with Crippen molar-refractivity contribution in [2.24, 2.45) is 5.92 Å². The van der Waals surface area contributed by atoms with E-state index < -0.39 is 0 Å². The predicted molar refractivity (Wildman–Crippen MR) is 113 cm³/mol. The van der Waals surface area contributed by atoms with Crippen LogP contribution in [-0.2, 0) is 0 Å². The number of hydrogen-bond acceptors (Lipinski definition) is 6. The Morgan fingerprint density at radius 3 is 2.55 bits per heavy atom. The fourth-order valence-electron chi connectivity index (χ4n) is 4.44. The van der Waals surface area contributed by atoms with Gasteiger partial charge in [-0.05, 0) is 52.0 Å². The molecule has 1 heterocycles. The Balaban J connectivity index is 1.88. The largest absolute Gasteiger partial charge is 0.495 e. The lowest BCUT2D eigenvalue weighted by Gasteiger charge is -2.38. The molecule has 0 saturated carbocycles. The van der Waals surface area contributed by atoms with Gasteiger partial charge in [-0.15, -0.1) is 0 Å². The van der Waals surface area contributed by atoms with Crippen molar-refractivity contribution in [1.82, 2.24) is 0 Å². The summed E-state index contributed by atoms with van der Waals surface area (Å²) in [6.45, 7) is 0. The number of halogens is 1. The standard InChI is InChI=1S/C21H21BrN2O5/c1-27-16-8-7-15(24(25)26)18-12-5-4-6-13(12)19(23-20(16)18)11-9-14(22)21(29-3)17(10-11)28-2/h4-5,7-10,12-13,19,23H,6H2,1-3H3/t12-,13+,19-/m0/s1. The number of fused-ring (bicyclic) bond motifs is 3. The van der Waals surface area contributed by atoms with E-state index in [2.05, 4.69) is 33.4 Å². The highest BCUT2D eigenvalue weighted by molar-refractivity contribution is 9.10. The van der Waals surface area contributed by atoms with Gasteiger partial charge in [-0.1, -0.05) is 12.2 Å². The lowest BCUT2D eigenvalue weighted by atomic mass is 9.76. The van der Waals surface area contributed by atoms with E-state index in [4.69, 9.17) is 14.2 Å². The fraction of sp³-hybridized carbons (Fsp3) is 0.333. The van der Waals surface area contributed by atoms with Crippen LogP contribution in [0.25, 0.3) is 0 Å². The van der Waals surface area contributed by atoms with E-state index in [1.807, 2.05) is 12.1 Å². The first-order chi connectivity index (χ1) is 14.0. The van der Waals surface area contributed by atoms with Crippen LogP contribution in [-0.4, -0.2) is 26.3 Å². The Labute approximate surface area is 176 Å². The van der Waals surface area contributed by atoms with Gasteiger partial charge < -0.3 is 19.5 Å². The molecule has 0 aromatic heterocycles. The second-order valence-electron chi connectivity index (χ2n) is 7.05. The summed E-state index contributed by atoms with van der Waals surface area (Å²) in [5.41, 5.74) is 2.48. The zero-order valence-electron chi connectivity index (χ0n) is 16.3. The second-order valence-corrected chi connectivity index (χ2v) is 7.90. The summed E-state index contributed by atoms with van der Waals surface area (Å²) in [5.74, 6) is 1.91. The monoisotopic (exact) mass is 460 g/mol. The average molecular weight is 461 g/mol. The van der Waals surface area contributed by atoms with Gasteiger partial charge in [-0.3, -0.25) is 10.1 Å². The molecule has 29 heavy (non-hydrogen) atoms. The molecule has 1 aliphatic heterocycles. The van der Waals surface area contributed by atoms with E-state index in [0.29, 0.717) is 28.5 Å². The summed E-state index contributed by atoms with van der Waals surface area (Å²) >= 11 is 3.57. The molecule has 7 nitrogen and oxygen atoms in total. The predicted octanol–water partition coefficient (Wildman–Crippen LogP) is 5.21. The summed E-state index contributed by atoms with van der Waals surface area (Å²) in [4.78, 5) is 11.4. The number of anilines is 1. The molecule has 3 atom stereocenters. The third-order valence-electron chi connectivity index (χ3n) is 5.69. The number of nitrogens with zero attached hydrogens (tertiary/aromatic N) is 1. The number of benzene rings is 2. The third kappa shape index (κ3) is 3.11. The van der Waals surface area contributed by atoms with Crippen LogP contribution in [0.2, 0.25) is 0 Å². The van der Waals surface area contributed by atoms with Crippen molar-refractivity contribution < 1.29 is 19.1 Å². The summed E-state index contributed by atoms with van der Waals surface area (Å²) in [6.07, 6.45) is 4.99. The molecule has 0 spiro atoms. The topological polar surface area (TPSA) is 82.9 Å². The van der Waals surface area contributed by atoms with Crippen molar-refractivity contribution in [3.05, 3.63) is 62.1 Å². The van der Waals surface area contributed by atoms with Gasteiger partial charge in [0.05, 0.1) is 48.0 Å². The second kappa shape index (κ2) is 7.59. The Kier molecular flexibility index (Phi) is 5.12. The summed E-state index contributed by atoms with van der Waals surface area (Å²) in [6, 6.07) is 7.05. The van der Waals surface area contributed by atoms with Gasteiger partial charge in [-0.2, -0.15) is 0 Å². The minimum absolute atomic E-state index is 0.0707. The zero-order chi connectivity index (χ0) is 20.7. The molecule has 0 radical (unpaired) electrons. The molecule has 2 aromatic carbocycles. The molecule has 0 fully saturated rings. The number of nitrogens with one attached hydrogen (secondary N) is 1. The van der Waals surface area contributed by atoms with Crippen molar-refractivity contribution in [3.63, 3.8) is 0 Å². The molecule has 0 bridgehead atoms. The molecule has 152 valence electrons. The van der Waals surface area contributed by atoms with Crippen molar-refractivity contribution in [2.75, 3.05) is 26.6 Å². The van der Waals surface area contributed by atoms with Crippen molar-refractivity contribution in [2.45, 2.75) is 18.4 Å². The first-order valence-corrected chi connectivity index (χ1v) is 9.99. The summed E-state index contributed by atoms with van der Waals surface area (Å²) in [7, 11) is 4.77. The summed E-state index contributed by atoms with van der Waals surface area (Å²) in [5, 5.41) is 15.2. The minimum Gasteiger partial charge on any atom is -0.495 e. The van der Waals surface area contributed by atoms with E-state index in [9.17, 15) is 10.1 Å². The van der Waals surface area contributed by atoms with Gasteiger partial charge in [-0.25, -0.2) is 0 Å². The number of rotatable bonds is 5. The molecule has 2 aromatic rings. The number of methoxy groups -OCH3 is 3. The Bertz CT molecular complexity index is 1010. The Hall–Kier alpha value is -2.74. The maximum atomic E-state index is 11.7. The molecule has 1 aliphatic carbocycles. The van der Waals surface area contributed by atoms with Crippen LogP contribution in [0, 0.1) is 16.0 Å². The molecule has 0 amide bonds. The molecular weight excluding hydrogens is 440 g/mol. The minimum atomic E-state index is -0.323. The lowest BCUT2D eigenvalue weighted by Crippen LogP contribution is -2.30. The highest BCUT2D eigenvalue weighted by Gasteiger charge is 2.43. The van der Waals surface area contributed by atoms with E-state index >= 15 is 0 Å². The average Bonchev–Trinajstić information content (AvgIpc) is 3.21. The normalized spacial score (nSPS) is 21.7. The quantitative estimate of drug-likeness (QED) is 0.374. The van der Waals surface area contributed by atoms with Gasteiger partial charge in [0.25, 0.3) is 5.69 Å². The van der Waals surface area contributed by atoms with Gasteiger partial charge in [0.15, 0.2) is 11.5 Å². The number of hydrogen-bond donors (Lipinski definition) is 1. The number of nitro groups is 1. The number of ether oxygens (including phenoxy) is 3. The maximum absolute atomic E-state index is 11.7. The first-order valence-electron chi connectivity index (χ1n) is 9.20. The molecule has 1 N–H and O–H groups in total. The molecule has 8 heteroatoms. The molecule has 0 unspecified atom stereocenters. The molecule has 4 rings (SSSR count). The van der Waals surface area contributed by atoms with Crippen molar-refractivity contribution in [1.29, 1.82) is 0 Å². The van der Waals surface area contributed by atoms with Crippen LogP contribution in [0.1, 0.15) is 29.5 Å².